The number of aliphatic hydroxyl groups is 1. The maximum Gasteiger partial charge on any atom is 1.00 e. The van der Waals surface area contributed by atoms with E-state index in [9.17, 15) is 79.9 Å². The van der Waals surface area contributed by atoms with Gasteiger partial charge in [0.15, 0.2) is 0 Å². The van der Waals surface area contributed by atoms with Gasteiger partial charge < -0.3 is 64.2 Å². The maximum absolute atomic E-state index is 11.5. The van der Waals surface area contributed by atoms with Gasteiger partial charge in [-0.05, 0) is 121 Å². The molecule has 0 aliphatic carbocycles. The van der Waals surface area contributed by atoms with E-state index in [1.165, 1.54) is 99.5 Å². The Balaban J connectivity index is -0.000000184. The zero-order valence-electron chi connectivity index (χ0n) is 77.2. The fourth-order valence-corrected chi connectivity index (χ4v) is 11.4. The summed E-state index contributed by atoms with van der Waals surface area (Å²) in [5.74, 6) is -2.73. The zero-order valence-corrected chi connectivity index (χ0v) is 95.3. The summed E-state index contributed by atoms with van der Waals surface area (Å²) in [5, 5.41) is 102. The van der Waals surface area contributed by atoms with Gasteiger partial charge in [-0.25, -0.2) is 0 Å². The number of carbonyl (C=O) groups is 4. The Morgan fingerprint density at radius 3 is 0.969 bits per heavy atom. The van der Waals surface area contributed by atoms with Crippen LogP contribution in [0.15, 0.2) is 170 Å². The number of hydrogen-bond donors (Lipinski definition) is 7. The van der Waals surface area contributed by atoms with Gasteiger partial charge >= 0.3 is 77.0 Å². The van der Waals surface area contributed by atoms with Gasteiger partial charge in [-0.1, -0.05) is 140 Å². The molecule has 2 atom stereocenters. The fraction of sp³-hybridized carbons (Fsp3) is 0.459. The number of nitrogen functional groups attached to an aromatic ring is 1. The number of nitrogens with zero attached hydrogens (tertiary/aromatic N) is 8. The monoisotopic (exact) mass is 2490 g/mol. The van der Waals surface area contributed by atoms with Gasteiger partial charge in [0.2, 0.25) is 0 Å². The van der Waals surface area contributed by atoms with Crippen molar-refractivity contribution in [1.82, 2.24) is 15.1 Å². The molecule has 3 heterocycles. The van der Waals surface area contributed by atoms with E-state index in [0.29, 0.717) is 23.1 Å². The summed E-state index contributed by atoms with van der Waals surface area (Å²) in [4.78, 5) is 109. The second-order valence-corrected chi connectivity index (χ2v) is 30.8. The van der Waals surface area contributed by atoms with Crippen molar-refractivity contribution in [2.75, 3.05) is 119 Å². The number of carboxylic acids is 1. The number of nitro benzene ring substituents is 6. The molecule has 696 valence electrons. The van der Waals surface area contributed by atoms with Gasteiger partial charge in [0, 0.05) is 263 Å². The van der Waals surface area contributed by atoms with Crippen molar-refractivity contribution < 1.29 is 297 Å². The van der Waals surface area contributed by atoms with Gasteiger partial charge in [0.05, 0.1) is 107 Å². The first kappa shape index (κ1) is 137. The molecule has 36 nitrogen and oxygen atoms in total. The number of anilines is 1. The van der Waals surface area contributed by atoms with Crippen LogP contribution in [0, 0.1) is 193 Å². The number of aliphatic carboxylic acids is 1. The molecule has 0 saturated carbocycles. The third-order valence-corrected chi connectivity index (χ3v) is 20.0. The zero-order chi connectivity index (χ0) is 92.6. The number of aliphatic hydroxyl groups excluding tert-OH is 1. The molecular formula is C85H122Ac3BClFN10Na2O26. The number of rotatable bonds is 25. The number of non-ortho nitro benzene ring substituents is 6. The van der Waals surface area contributed by atoms with Crippen molar-refractivity contribution in [3.8, 4) is 0 Å². The van der Waals surface area contributed by atoms with Crippen LogP contribution in [-0.2, 0) is 69.9 Å². The third-order valence-electron chi connectivity index (χ3n) is 20.0. The van der Waals surface area contributed by atoms with E-state index in [2.05, 4.69) is 72.5 Å². The van der Waals surface area contributed by atoms with E-state index in [0.717, 1.165) is 134 Å². The summed E-state index contributed by atoms with van der Waals surface area (Å²) < 4.78 is 25.0. The van der Waals surface area contributed by atoms with Gasteiger partial charge in [-0.3, -0.25) is 100 Å². The smallest absolute Gasteiger partial charge is 1.00 e. The average Bonchev–Trinajstić information content (AvgIpc) is 1.69. The van der Waals surface area contributed by atoms with E-state index in [1.807, 2.05) is 52.0 Å². The Bertz CT molecular complexity index is 4350. The fourth-order valence-electron chi connectivity index (χ4n) is 11.4. The number of nitrogens with two attached hydrogens (primary N) is 1. The molecular weight excluding hydrogens is 2370 g/mol. The molecule has 2 unspecified atom stereocenters. The molecule has 3 aliphatic rings. The van der Waals surface area contributed by atoms with Crippen molar-refractivity contribution in [3.05, 3.63) is 269 Å². The Morgan fingerprint density at radius 2 is 0.729 bits per heavy atom. The first-order chi connectivity index (χ1) is 57.5. The van der Waals surface area contributed by atoms with Crippen molar-refractivity contribution in [2.45, 2.75) is 141 Å². The van der Waals surface area contributed by atoms with E-state index < -0.39 is 47.8 Å². The predicted octanol–water partition coefficient (Wildman–Crippen LogP) is 8.52. The number of benzene rings is 7. The molecule has 44 heteroatoms. The standard InChI is InChI=1S/C15H22N2O3.C15H24N2O.C11H13NO4.C11H13NO3.C10H11NO4.C10H13NO3.C9H9NO4.C4H9NO.3Ac.BHO.ClH.FH.2Na.H2O2.H2.H/c1-15(2,7-8-16-9-11-20-12-10-16)13-3-5-14(6-4-13)17(18)19;1-15(2,13-3-5-14(16)6-4-13)7-8-17-9-11-18-12-10-17;1-11(2,10(13)16-3)8-4-6-9(7-5-8)12(14)15;1-11(2,7-8-13)9-3-5-10(6-4-9)12(14)15;1-7(10(12)15-2)8-3-5-9(6-4-8)11(13)14;1-10(2,7-12)8-3-5-9(6-4-8)11(13)14;1-6(9(11)12)7-2-4-8(5-3-7)10(13)14;1-3-6-4-2-5-1;;;;1-2;;;;;1-2;;/h3-6H,7-12H2,1-2H3;3-6H,7-12,16H2,1-2H3;4-7H,1-3H3;3-6,8H,7H2,1-2H3;3-7H,1-2H3;3-6,12H,7H2,1-2H3;2-6H,1H3,(H,11,12);5H,1-4H2;;;;2H;2*1H;;;1-2H;1H;/q;;;;;;;;;;;-1;;;2*+1;;;-1/i;;;;;;;;;;;;;;;;;1+2;. The molecule has 7 aromatic rings. The molecule has 3 saturated heterocycles. The SMILES string of the molecule is C1COCCN1.CC(C(=O)O)c1ccc([N+](=O)[O-])cc1.CC(C)(CC=O)c1ccc([N+](=O)[O-])cc1.CC(C)(CCN1CCOCC1)c1ccc(N)cc1.CC(C)(CCN1CCOCC1)c1ccc([N+](=O)[O-])cc1.CC(C)(CO)c1ccc([N+](=O)[O-])cc1.COC(=O)C(C)(C)c1ccc([N+](=O)[O-])cc1.COC(=O)C(C)c1ccc([N+](=O)[O-])cc1.Cl.F.OO.[3HH].[Ac].[Ac].[Ac].[B-]O.[H-].[Na+].[Na+]. The van der Waals surface area contributed by atoms with Crippen molar-refractivity contribution in [2.24, 2.45) is 0 Å². The third kappa shape index (κ3) is 52.1. The molecule has 8 N–H and O–H groups in total. The Hall–Kier alpha value is -4.97. The second-order valence-electron chi connectivity index (χ2n) is 30.8. The van der Waals surface area contributed by atoms with E-state index >= 15 is 0 Å². The molecule has 0 aromatic heterocycles. The molecule has 3 fully saturated rings. The number of halogens is 2. The van der Waals surface area contributed by atoms with E-state index in [1.54, 1.807) is 81.4 Å². The summed E-state index contributed by atoms with van der Waals surface area (Å²) in [6.07, 6.45) is 3.47. The Kier molecular flexibility index (Phi) is 77.0. The van der Waals surface area contributed by atoms with Crippen LogP contribution in [0.3, 0.4) is 0 Å². The van der Waals surface area contributed by atoms with Crippen molar-refractivity contribution in [3.63, 3.8) is 0 Å². The number of carboxylic acid groups (broad SMARTS) is 1. The second kappa shape index (κ2) is 72.4. The van der Waals surface area contributed by atoms with Gasteiger partial charge in [-0.2, -0.15) is 0 Å². The molecule has 0 amide bonds. The van der Waals surface area contributed by atoms with Gasteiger partial charge in [0.25, 0.3) is 34.1 Å². The number of methoxy groups -OCH3 is 2. The van der Waals surface area contributed by atoms with E-state index in [-0.39, 0.29) is 291 Å². The van der Waals surface area contributed by atoms with Crippen LogP contribution in [0.25, 0.3) is 0 Å². The molecule has 0 bridgehead atoms. The largest absolute Gasteiger partial charge is 1.00 e. The van der Waals surface area contributed by atoms with Crippen LogP contribution >= 0.6 is 12.4 Å². The van der Waals surface area contributed by atoms with Crippen molar-refractivity contribution in [1.29, 1.82) is 0 Å². The molecule has 129 heavy (non-hydrogen) atoms. The summed E-state index contributed by atoms with van der Waals surface area (Å²) in [5.41, 5.74) is 11.9. The molecule has 7 aromatic carbocycles. The van der Waals surface area contributed by atoms with Gasteiger partial charge in [-0.15, -0.1) is 12.4 Å². The van der Waals surface area contributed by atoms with Gasteiger partial charge in [0.1, 0.15) is 6.29 Å². The van der Waals surface area contributed by atoms with Crippen LogP contribution in [-0.4, -0.2) is 210 Å². The summed E-state index contributed by atoms with van der Waals surface area (Å²) in [6, 6.07) is 45.0. The number of nitrogens with one attached hydrogen (secondary N) is 1. The van der Waals surface area contributed by atoms with Crippen LogP contribution in [0.2, 0.25) is 0 Å². The Morgan fingerprint density at radius 1 is 0.473 bits per heavy atom. The minimum absolute atomic E-state index is 0. The number of hydrogen-bond acceptors (Lipinski definition) is 29. The normalized spacial score (nSPS) is 12.9. The number of ether oxygens (including phenoxy) is 5. The average molecular weight is 2490 g/mol. The number of esters is 2. The minimum atomic E-state index is -0.946. The topological polar surface area (TPSA) is 519 Å². The predicted molar refractivity (Wildman–Crippen MR) is 474 cm³/mol. The molecule has 10 rings (SSSR count). The summed E-state index contributed by atoms with van der Waals surface area (Å²) in [6.45, 7) is 36.8. The first-order valence-corrected chi connectivity index (χ1v) is 38.6. The quantitative estimate of drug-likeness (QED) is 0.00536. The van der Waals surface area contributed by atoms with Crippen LogP contribution in [0.5, 0.6) is 0 Å². The first-order valence-electron chi connectivity index (χ1n) is 38.6. The molecule has 0 spiro atoms. The summed E-state index contributed by atoms with van der Waals surface area (Å²) >= 11 is 0. The van der Waals surface area contributed by atoms with Crippen LogP contribution < -0.4 is 70.2 Å². The Labute approximate surface area is 914 Å². The maximum atomic E-state index is 11.5. The van der Waals surface area contributed by atoms with E-state index in [4.69, 9.17) is 45.7 Å². The molecule has 3 aliphatic heterocycles. The minimum Gasteiger partial charge on any atom is -1.00 e. The molecule has 6 radical (unpaired) electrons. The van der Waals surface area contributed by atoms with Crippen LogP contribution in [0.4, 0.5) is 44.5 Å². The number of morpholine rings is 3. The number of aldehydes is 1. The van der Waals surface area contributed by atoms with Crippen LogP contribution in [0.1, 0.15) is 156 Å². The van der Waals surface area contributed by atoms with Crippen molar-refractivity contribution >= 4 is 84.5 Å². The summed E-state index contributed by atoms with van der Waals surface area (Å²) in [7, 11) is 6.12. The number of nitro groups is 6. The number of carbonyl (C=O) groups excluding carboxylic acids is 3.